The average Bonchev–Trinajstić information content (AvgIpc) is 2.87. The molecular formula is C24H19Cl3N4O5. The summed E-state index contributed by atoms with van der Waals surface area (Å²) >= 11 is 17.9. The number of ether oxygens (including phenoxy) is 2. The third kappa shape index (κ3) is 7.35. The first-order chi connectivity index (χ1) is 17.3. The summed E-state index contributed by atoms with van der Waals surface area (Å²) < 4.78 is 10.8. The van der Waals surface area contributed by atoms with Crippen LogP contribution in [0, 0.1) is 0 Å². The zero-order valence-electron chi connectivity index (χ0n) is 18.7. The molecule has 12 heteroatoms. The summed E-state index contributed by atoms with van der Waals surface area (Å²) in [5.41, 5.74) is 3.30. The Labute approximate surface area is 221 Å². The minimum absolute atomic E-state index is 0.111. The second-order valence-electron chi connectivity index (χ2n) is 6.98. The predicted molar refractivity (Wildman–Crippen MR) is 139 cm³/mol. The lowest BCUT2D eigenvalue weighted by Gasteiger charge is -2.12. The summed E-state index contributed by atoms with van der Waals surface area (Å²) in [5, 5.41) is 9.51. The Hall–Kier alpha value is -3.79. The van der Waals surface area contributed by atoms with Crippen LogP contribution in [-0.4, -0.2) is 37.7 Å². The molecule has 0 fully saturated rings. The molecule has 3 aromatic rings. The van der Waals surface area contributed by atoms with Crippen LogP contribution in [0.15, 0.2) is 65.8 Å². The lowest BCUT2D eigenvalue weighted by Crippen LogP contribution is -2.32. The van der Waals surface area contributed by atoms with E-state index >= 15 is 0 Å². The molecule has 36 heavy (non-hydrogen) atoms. The van der Waals surface area contributed by atoms with Crippen molar-refractivity contribution in [3.05, 3.63) is 81.3 Å². The van der Waals surface area contributed by atoms with Gasteiger partial charge in [0.2, 0.25) is 0 Å². The molecule has 9 nitrogen and oxygen atoms in total. The fourth-order valence-electron chi connectivity index (χ4n) is 2.77. The predicted octanol–water partition coefficient (Wildman–Crippen LogP) is 4.76. The smallest absolute Gasteiger partial charge is 0.329 e. The lowest BCUT2D eigenvalue weighted by molar-refractivity contribution is -0.136. The van der Waals surface area contributed by atoms with Gasteiger partial charge in [0, 0.05) is 0 Å². The number of nitrogens with zero attached hydrogens (tertiary/aromatic N) is 1. The molecule has 0 atom stereocenters. The summed E-state index contributed by atoms with van der Waals surface area (Å²) in [6.45, 7) is -0.281. The highest BCUT2D eigenvalue weighted by atomic mass is 35.5. The molecule has 0 spiro atoms. The number of benzene rings is 3. The van der Waals surface area contributed by atoms with Gasteiger partial charge < -0.3 is 20.1 Å². The van der Waals surface area contributed by atoms with Crippen molar-refractivity contribution in [1.29, 1.82) is 0 Å². The van der Waals surface area contributed by atoms with Gasteiger partial charge in [-0.1, -0.05) is 53.0 Å². The van der Waals surface area contributed by atoms with E-state index in [9.17, 15) is 14.4 Å². The first kappa shape index (κ1) is 26.8. The molecule has 0 aliphatic carbocycles. The van der Waals surface area contributed by atoms with Crippen LogP contribution >= 0.6 is 34.8 Å². The second-order valence-corrected chi connectivity index (χ2v) is 8.17. The number of carbonyl (C=O) groups is 3. The summed E-state index contributed by atoms with van der Waals surface area (Å²) in [7, 11) is 1.43. The van der Waals surface area contributed by atoms with E-state index < -0.39 is 17.7 Å². The van der Waals surface area contributed by atoms with E-state index in [4.69, 9.17) is 44.3 Å². The molecule has 3 aromatic carbocycles. The van der Waals surface area contributed by atoms with Crippen LogP contribution < -0.4 is 25.5 Å². The van der Waals surface area contributed by atoms with E-state index in [2.05, 4.69) is 21.2 Å². The quantitative estimate of drug-likeness (QED) is 0.213. The van der Waals surface area contributed by atoms with Crippen LogP contribution in [0.1, 0.15) is 5.56 Å². The third-order valence-electron chi connectivity index (χ3n) is 4.48. The summed E-state index contributed by atoms with van der Waals surface area (Å²) in [4.78, 5) is 36.2. The monoisotopic (exact) mass is 548 g/mol. The molecule has 0 unspecified atom stereocenters. The first-order valence-corrected chi connectivity index (χ1v) is 11.4. The highest BCUT2D eigenvalue weighted by Gasteiger charge is 2.15. The number of methoxy groups -OCH3 is 1. The molecule has 3 amide bonds. The number of hydrazone groups is 1. The molecule has 0 saturated carbocycles. The first-order valence-electron chi connectivity index (χ1n) is 10.2. The maximum Gasteiger partial charge on any atom is 0.329 e. The number of carbonyl (C=O) groups excluding carboxylic acids is 3. The molecule has 0 aliphatic rings. The number of rotatable bonds is 8. The Morgan fingerprint density at radius 1 is 0.861 bits per heavy atom. The largest absolute Gasteiger partial charge is 0.493 e. The number of amides is 3. The molecular weight excluding hydrogens is 531 g/mol. The number of nitrogens with one attached hydrogen (secondary N) is 3. The van der Waals surface area contributed by atoms with Crippen LogP contribution in [0.3, 0.4) is 0 Å². The molecule has 3 rings (SSSR count). The molecule has 186 valence electrons. The van der Waals surface area contributed by atoms with Crippen LogP contribution in [0.25, 0.3) is 0 Å². The van der Waals surface area contributed by atoms with Gasteiger partial charge in [-0.25, -0.2) is 5.43 Å². The average molecular weight is 550 g/mol. The van der Waals surface area contributed by atoms with Crippen LogP contribution in [0.2, 0.25) is 15.1 Å². The lowest BCUT2D eigenvalue weighted by atomic mass is 10.2. The Bertz CT molecular complexity index is 1320. The Kier molecular flexibility index (Phi) is 9.52. The maximum atomic E-state index is 12.2. The van der Waals surface area contributed by atoms with Gasteiger partial charge in [0.25, 0.3) is 5.91 Å². The zero-order valence-corrected chi connectivity index (χ0v) is 20.9. The molecule has 0 saturated heterocycles. The SMILES string of the molecule is COc1cc(/C=N\NC(=O)C(=O)Nc2cccc(Cl)c2Cl)ccc1OCC(=O)Nc1ccccc1Cl. The van der Waals surface area contributed by atoms with Gasteiger partial charge in [-0.15, -0.1) is 0 Å². The highest BCUT2D eigenvalue weighted by molar-refractivity contribution is 6.45. The summed E-state index contributed by atoms with van der Waals surface area (Å²) in [6, 6.07) is 16.2. The Morgan fingerprint density at radius 2 is 1.58 bits per heavy atom. The second kappa shape index (κ2) is 12.8. The fourth-order valence-corrected chi connectivity index (χ4v) is 3.30. The molecule has 3 N–H and O–H groups in total. The standard InChI is InChI=1S/C24H19Cl3N4O5/c1-35-20-11-14(9-10-19(20)36-13-21(32)29-17-7-3-2-5-15(17)25)12-28-31-24(34)23(33)30-18-8-4-6-16(26)22(18)27/h2-12H,13H2,1H3,(H,29,32)(H,30,33)(H,31,34)/b28-12-. The number of para-hydroxylation sites is 1. The van der Waals surface area contributed by atoms with Gasteiger partial charge in [-0.2, -0.15) is 5.10 Å². The maximum absolute atomic E-state index is 12.2. The van der Waals surface area contributed by atoms with E-state index in [0.29, 0.717) is 27.8 Å². The van der Waals surface area contributed by atoms with Crippen LogP contribution in [0.4, 0.5) is 11.4 Å². The molecule has 0 heterocycles. The topological polar surface area (TPSA) is 118 Å². The number of halogens is 3. The highest BCUT2D eigenvalue weighted by Crippen LogP contribution is 2.30. The normalized spacial score (nSPS) is 10.6. The van der Waals surface area contributed by atoms with Crippen molar-refractivity contribution in [2.24, 2.45) is 5.10 Å². The molecule has 0 bridgehead atoms. The van der Waals surface area contributed by atoms with Crippen molar-refractivity contribution in [2.45, 2.75) is 0 Å². The van der Waals surface area contributed by atoms with Gasteiger partial charge in [0.1, 0.15) is 0 Å². The van der Waals surface area contributed by atoms with E-state index in [1.54, 1.807) is 54.6 Å². The van der Waals surface area contributed by atoms with Crippen molar-refractivity contribution in [3.63, 3.8) is 0 Å². The van der Waals surface area contributed by atoms with E-state index in [0.717, 1.165) is 0 Å². The van der Waals surface area contributed by atoms with Crippen LogP contribution in [-0.2, 0) is 14.4 Å². The van der Waals surface area contributed by atoms with E-state index in [1.807, 2.05) is 0 Å². The van der Waals surface area contributed by atoms with Crippen molar-refractivity contribution in [3.8, 4) is 11.5 Å². The number of hydrogen-bond acceptors (Lipinski definition) is 6. The van der Waals surface area contributed by atoms with Gasteiger partial charge in [0.05, 0.1) is 39.8 Å². The third-order valence-corrected chi connectivity index (χ3v) is 5.63. The van der Waals surface area contributed by atoms with Crippen molar-refractivity contribution in [1.82, 2.24) is 5.43 Å². The van der Waals surface area contributed by atoms with Crippen LogP contribution in [0.5, 0.6) is 11.5 Å². The van der Waals surface area contributed by atoms with E-state index in [1.165, 1.54) is 19.4 Å². The molecule has 0 aliphatic heterocycles. The molecule has 0 radical (unpaired) electrons. The van der Waals surface area contributed by atoms with Gasteiger partial charge in [-0.3, -0.25) is 14.4 Å². The minimum atomic E-state index is -1.02. The van der Waals surface area contributed by atoms with Crippen molar-refractivity contribution < 1.29 is 23.9 Å². The fraction of sp³-hybridized carbons (Fsp3) is 0.0833. The van der Waals surface area contributed by atoms with E-state index in [-0.39, 0.29) is 22.3 Å². The summed E-state index contributed by atoms with van der Waals surface area (Å²) in [5.74, 6) is -1.77. The van der Waals surface area contributed by atoms with Gasteiger partial charge in [0.15, 0.2) is 18.1 Å². The zero-order chi connectivity index (χ0) is 26.1. The van der Waals surface area contributed by atoms with Gasteiger partial charge >= 0.3 is 11.8 Å². The minimum Gasteiger partial charge on any atom is -0.493 e. The molecule has 0 aromatic heterocycles. The van der Waals surface area contributed by atoms with Gasteiger partial charge in [-0.05, 0) is 48.0 Å². The van der Waals surface area contributed by atoms with Crippen molar-refractivity contribution >= 4 is 70.1 Å². The number of hydrogen-bond donors (Lipinski definition) is 3. The Balaban J connectivity index is 1.54. The van der Waals surface area contributed by atoms with Crippen molar-refractivity contribution in [2.75, 3.05) is 24.4 Å². The summed E-state index contributed by atoms with van der Waals surface area (Å²) in [6.07, 6.45) is 1.30. The number of anilines is 2. The Morgan fingerprint density at radius 3 is 2.33 bits per heavy atom.